The molecule has 0 saturated heterocycles. The number of aromatic nitrogens is 5. The molecule has 37 heavy (non-hydrogen) atoms. The molecule has 1 N–H and O–H groups in total. The molecular formula is C26H20BrF3N6O. The first-order valence-corrected chi connectivity index (χ1v) is 12.0. The van der Waals surface area contributed by atoms with Crippen molar-refractivity contribution in [1.29, 1.82) is 0 Å². The summed E-state index contributed by atoms with van der Waals surface area (Å²) in [4.78, 5) is 17.6. The van der Waals surface area contributed by atoms with Crippen molar-refractivity contribution in [2.45, 2.75) is 26.8 Å². The molecule has 188 valence electrons. The largest absolute Gasteiger partial charge is 0.322 e. The smallest absolute Gasteiger partial charge is 0.280 e. The molecule has 0 saturated carbocycles. The van der Waals surface area contributed by atoms with Crippen molar-refractivity contribution < 1.29 is 18.0 Å². The Morgan fingerprint density at radius 1 is 1.11 bits per heavy atom. The van der Waals surface area contributed by atoms with E-state index in [1.165, 1.54) is 36.5 Å². The summed E-state index contributed by atoms with van der Waals surface area (Å²) in [7, 11) is 0. The summed E-state index contributed by atoms with van der Waals surface area (Å²) in [6, 6.07) is 13.7. The highest BCUT2D eigenvalue weighted by Crippen LogP contribution is 2.27. The first kappa shape index (κ1) is 24.7. The lowest BCUT2D eigenvalue weighted by Crippen LogP contribution is -2.13. The van der Waals surface area contributed by atoms with Crippen LogP contribution in [0.1, 0.15) is 39.4 Å². The number of alkyl halides is 2. The molecule has 0 bridgehead atoms. The zero-order chi connectivity index (χ0) is 26.3. The van der Waals surface area contributed by atoms with Crippen molar-refractivity contribution in [2.75, 3.05) is 5.32 Å². The number of rotatable bonds is 6. The molecule has 5 aromatic rings. The van der Waals surface area contributed by atoms with Crippen molar-refractivity contribution in [1.82, 2.24) is 24.4 Å². The zero-order valence-electron chi connectivity index (χ0n) is 19.7. The number of anilines is 1. The van der Waals surface area contributed by atoms with Gasteiger partial charge in [-0.05, 0) is 77.8 Å². The molecular weight excluding hydrogens is 549 g/mol. The van der Waals surface area contributed by atoms with Gasteiger partial charge in [0.1, 0.15) is 17.1 Å². The predicted molar refractivity (Wildman–Crippen MR) is 136 cm³/mol. The number of nitrogens with zero attached hydrogens (tertiary/aromatic N) is 5. The Hall–Kier alpha value is -3.99. The molecule has 0 aliphatic heterocycles. The van der Waals surface area contributed by atoms with Gasteiger partial charge in [-0.2, -0.15) is 10.2 Å². The third kappa shape index (κ3) is 4.86. The summed E-state index contributed by atoms with van der Waals surface area (Å²) in [5.41, 5.74) is 3.47. The number of amides is 1. The fourth-order valence-electron chi connectivity index (χ4n) is 4.02. The van der Waals surface area contributed by atoms with Crippen molar-refractivity contribution in [3.63, 3.8) is 0 Å². The van der Waals surface area contributed by atoms with Crippen LogP contribution in [-0.2, 0) is 6.54 Å². The highest BCUT2D eigenvalue weighted by Gasteiger charge is 2.22. The van der Waals surface area contributed by atoms with E-state index in [-0.39, 0.29) is 16.9 Å². The summed E-state index contributed by atoms with van der Waals surface area (Å²) in [5, 5.41) is 11.3. The Morgan fingerprint density at radius 2 is 1.86 bits per heavy atom. The Labute approximate surface area is 218 Å². The summed E-state index contributed by atoms with van der Waals surface area (Å²) < 4.78 is 44.8. The van der Waals surface area contributed by atoms with E-state index in [9.17, 15) is 18.0 Å². The lowest BCUT2D eigenvalue weighted by atomic mass is 10.1. The van der Waals surface area contributed by atoms with Crippen LogP contribution in [0.3, 0.4) is 0 Å². The first-order chi connectivity index (χ1) is 17.7. The van der Waals surface area contributed by atoms with E-state index >= 15 is 0 Å². The molecule has 1 amide bonds. The number of hydrogen-bond donors (Lipinski definition) is 1. The van der Waals surface area contributed by atoms with Crippen molar-refractivity contribution >= 4 is 33.2 Å². The average molecular weight is 569 g/mol. The lowest BCUT2D eigenvalue weighted by molar-refractivity contribution is 0.102. The molecule has 2 aromatic carbocycles. The molecule has 0 fully saturated rings. The van der Waals surface area contributed by atoms with E-state index in [1.54, 1.807) is 6.07 Å². The quantitative estimate of drug-likeness (QED) is 0.259. The predicted octanol–water partition coefficient (Wildman–Crippen LogP) is 6.35. The van der Waals surface area contributed by atoms with Gasteiger partial charge >= 0.3 is 0 Å². The van der Waals surface area contributed by atoms with Crippen LogP contribution >= 0.6 is 15.9 Å². The maximum Gasteiger partial charge on any atom is 0.280 e. The van der Waals surface area contributed by atoms with E-state index in [2.05, 4.69) is 36.4 Å². The van der Waals surface area contributed by atoms with Crippen LogP contribution in [0.5, 0.6) is 0 Å². The molecule has 0 atom stereocenters. The van der Waals surface area contributed by atoms with Crippen molar-refractivity contribution in [3.05, 3.63) is 99.3 Å². The molecule has 11 heteroatoms. The number of hydrogen-bond acceptors (Lipinski definition) is 4. The van der Waals surface area contributed by atoms with Crippen LogP contribution < -0.4 is 5.32 Å². The van der Waals surface area contributed by atoms with Gasteiger partial charge in [0, 0.05) is 11.3 Å². The molecule has 0 radical (unpaired) electrons. The molecule has 0 spiro atoms. The molecule has 0 unspecified atom stereocenters. The maximum absolute atomic E-state index is 13.8. The number of carbonyl (C=O) groups excluding carboxylic acids is 1. The highest BCUT2D eigenvalue weighted by atomic mass is 79.9. The monoisotopic (exact) mass is 568 g/mol. The third-order valence-electron chi connectivity index (χ3n) is 5.92. The van der Waals surface area contributed by atoms with Crippen LogP contribution in [0.4, 0.5) is 18.9 Å². The highest BCUT2D eigenvalue weighted by molar-refractivity contribution is 9.10. The maximum atomic E-state index is 13.8. The average Bonchev–Trinajstić information content (AvgIpc) is 3.40. The van der Waals surface area contributed by atoms with Gasteiger partial charge in [-0.1, -0.05) is 12.1 Å². The number of benzene rings is 2. The standard InChI is InChI=1S/C26H20BrF3N6O/c1-14-23(27)15(2)35(34-14)13-16-4-3-5-19(10-16)32-26(37)20-12-31-36-22(24(29)30)11-21(33-25(20)36)17-6-8-18(28)9-7-17/h3-12,24H,13H2,1-2H3,(H,32,37). The van der Waals surface area contributed by atoms with E-state index in [1.807, 2.05) is 36.7 Å². The van der Waals surface area contributed by atoms with Crippen LogP contribution in [-0.4, -0.2) is 30.3 Å². The summed E-state index contributed by atoms with van der Waals surface area (Å²) in [5.74, 6) is -1.01. The third-order valence-corrected chi connectivity index (χ3v) is 7.07. The number of carbonyl (C=O) groups is 1. The molecule has 3 aromatic heterocycles. The number of fused-ring (bicyclic) bond motifs is 1. The summed E-state index contributed by atoms with van der Waals surface area (Å²) in [6.45, 7) is 4.37. The van der Waals surface area contributed by atoms with Crippen LogP contribution in [0.15, 0.2) is 65.3 Å². The Kier molecular flexibility index (Phi) is 6.55. The Morgan fingerprint density at radius 3 is 2.54 bits per heavy atom. The second kappa shape index (κ2) is 9.81. The zero-order valence-corrected chi connectivity index (χ0v) is 21.3. The fourth-order valence-corrected chi connectivity index (χ4v) is 4.30. The minimum atomic E-state index is -2.87. The number of nitrogens with one attached hydrogen (secondary N) is 1. The van der Waals surface area contributed by atoms with E-state index in [0.29, 0.717) is 17.8 Å². The van der Waals surface area contributed by atoms with Crippen LogP contribution in [0, 0.1) is 19.7 Å². The van der Waals surface area contributed by atoms with Gasteiger partial charge in [-0.3, -0.25) is 9.48 Å². The first-order valence-electron chi connectivity index (χ1n) is 11.2. The molecule has 5 rings (SSSR count). The topological polar surface area (TPSA) is 77.1 Å². The van der Waals surface area contributed by atoms with Gasteiger partial charge in [-0.25, -0.2) is 22.7 Å². The minimum absolute atomic E-state index is 0.0266. The van der Waals surface area contributed by atoms with Gasteiger partial charge < -0.3 is 5.32 Å². The second-order valence-corrected chi connectivity index (χ2v) is 9.26. The van der Waals surface area contributed by atoms with E-state index in [4.69, 9.17) is 0 Å². The van der Waals surface area contributed by atoms with E-state index < -0.39 is 23.8 Å². The minimum Gasteiger partial charge on any atom is -0.322 e. The molecule has 0 aliphatic rings. The van der Waals surface area contributed by atoms with Crippen LogP contribution in [0.2, 0.25) is 0 Å². The van der Waals surface area contributed by atoms with Gasteiger partial charge in [-0.15, -0.1) is 0 Å². The van der Waals surface area contributed by atoms with Crippen LogP contribution in [0.25, 0.3) is 16.9 Å². The van der Waals surface area contributed by atoms with Crippen molar-refractivity contribution in [2.24, 2.45) is 0 Å². The number of halogens is 4. The normalized spacial score (nSPS) is 11.4. The van der Waals surface area contributed by atoms with Crippen molar-refractivity contribution in [3.8, 4) is 11.3 Å². The van der Waals surface area contributed by atoms with Gasteiger partial charge in [0.2, 0.25) is 0 Å². The second-order valence-electron chi connectivity index (χ2n) is 8.46. The molecule has 3 heterocycles. The number of aryl methyl sites for hydroxylation is 1. The fraction of sp³-hybridized carbons (Fsp3) is 0.154. The SMILES string of the molecule is Cc1nn(Cc2cccc(NC(=O)c3cnn4c(C(F)F)cc(-c5ccc(F)cc5)nc34)c2)c(C)c1Br. The van der Waals surface area contributed by atoms with Gasteiger partial charge in [0.25, 0.3) is 12.3 Å². The summed E-state index contributed by atoms with van der Waals surface area (Å²) in [6.07, 6.45) is -1.67. The van der Waals surface area contributed by atoms with E-state index in [0.717, 1.165) is 25.9 Å². The lowest BCUT2D eigenvalue weighted by Gasteiger charge is -2.10. The summed E-state index contributed by atoms with van der Waals surface area (Å²) >= 11 is 3.52. The Balaban J connectivity index is 1.46. The molecule has 7 nitrogen and oxygen atoms in total. The van der Waals surface area contributed by atoms with Gasteiger partial charge in [0.15, 0.2) is 5.65 Å². The molecule has 0 aliphatic carbocycles. The Bertz CT molecular complexity index is 1630. The van der Waals surface area contributed by atoms with Gasteiger partial charge in [0.05, 0.1) is 34.3 Å².